The maximum absolute atomic E-state index is 14.3. The van der Waals surface area contributed by atoms with Gasteiger partial charge in [0.05, 0.1) is 24.3 Å². The maximum Gasteiger partial charge on any atom is 0.253 e. The van der Waals surface area contributed by atoms with E-state index in [0.29, 0.717) is 25.3 Å². The summed E-state index contributed by atoms with van der Waals surface area (Å²) in [5.74, 6) is 7.53. The van der Waals surface area contributed by atoms with Crippen molar-refractivity contribution in [3.05, 3.63) is 59.0 Å². The Labute approximate surface area is 243 Å². The second-order valence-corrected chi connectivity index (χ2v) is 13.1. The van der Waals surface area contributed by atoms with Gasteiger partial charge >= 0.3 is 0 Å². The predicted octanol–water partition coefficient (Wildman–Crippen LogP) is 6.68. The Bertz CT molecular complexity index is 1050. The molecule has 1 amide bonds. The fourth-order valence-corrected chi connectivity index (χ4v) is 7.06. The first-order chi connectivity index (χ1) is 19.2. The molecule has 3 N–H and O–H groups in total. The molecular weight excluding hydrogens is 496 g/mol. The number of hydrazine groups is 1. The molecule has 4 rings (SSSR count). The van der Waals surface area contributed by atoms with Crippen LogP contribution < -0.4 is 11.2 Å². The minimum Gasteiger partial charge on any atom is -0.376 e. The molecule has 2 atom stereocenters. The first kappa shape index (κ1) is 30.6. The number of likely N-dealkylation sites (tertiary alicyclic amines) is 1. The highest BCUT2D eigenvalue weighted by atomic mass is 16.5. The van der Waals surface area contributed by atoms with Crippen LogP contribution in [0.1, 0.15) is 105 Å². The average Bonchev–Trinajstić information content (AvgIpc) is 3.18. The largest absolute Gasteiger partial charge is 0.376 e. The molecule has 0 spiro atoms. The minimum absolute atomic E-state index is 0.00420. The molecule has 2 fully saturated rings. The summed E-state index contributed by atoms with van der Waals surface area (Å²) in [7, 11) is 0. The van der Waals surface area contributed by atoms with E-state index in [9.17, 15) is 4.79 Å². The van der Waals surface area contributed by atoms with Gasteiger partial charge in [0.2, 0.25) is 0 Å². The SMILES string of the molecule is CCC1(CC)CC(OCCC2=CC=CCCC2)CN1C(=O)/C(C)=C1\N[C@@H](C2=CCCCC=C2)CC(C)(C)CN1N. The van der Waals surface area contributed by atoms with Crippen LogP contribution in [0.3, 0.4) is 0 Å². The molecule has 0 aromatic rings. The molecule has 40 heavy (non-hydrogen) atoms. The van der Waals surface area contributed by atoms with Crippen molar-refractivity contribution in [3.63, 3.8) is 0 Å². The van der Waals surface area contributed by atoms with Crippen molar-refractivity contribution in [3.8, 4) is 0 Å². The molecule has 222 valence electrons. The number of allylic oxidation sites excluding steroid dienone is 5. The summed E-state index contributed by atoms with van der Waals surface area (Å²) in [5, 5.41) is 5.53. The molecule has 2 aliphatic carbocycles. The van der Waals surface area contributed by atoms with Gasteiger partial charge in [0.15, 0.2) is 0 Å². The van der Waals surface area contributed by atoms with E-state index in [1.165, 1.54) is 24.0 Å². The van der Waals surface area contributed by atoms with Crippen molar-refractivity contribution in [2.24, 2.45) is 11.3 Å². The number of nitrogens with zero attached hydrogens (tertiary/aromatic N) is 2. The first-order valence-electron chi connectivity index (χ1n) is 15.8. The molecular formula is C34H54N4O2. The lowest BCUT2D eigenvalue weighted by atomic mass is 9.83. The summed E-state index contributed by atoms with van der Waals surface area (Å²) in [6.07, 6.45) is 25.2. The predicted molar refractivity (Wildman–Crippen MR) is 165 cm³/mol. The lowest BCUT2D eigenvalue weighted by Gasteiger charge is -2.38. The highest BCUT2D eigenvalue weighted by Gasteiger charge is 2.47. The van der Waals surface area contributed by atoms with Crippen LogP contribution in [0, 0.1) is 5.41 Å². The smallest absolute Gasteiger partial charge is 0.253 e. The van der Waals surface area contributed by atoms with Crippen LogP contribution in [0.15, 0.2) is 59.0 Å². The summed E-state index contributed by atoms with van der Waals surface area (Å²) in [6.45, 7) is 13.0. The van der Waals surface area contributed by atoms with Crippen LogP contribution in [0.2, 0.25) is 0 Å². The van der Waals surface area contributed by atoms with Gasteiger partial charge < -0.3 is 15.0 Å². The van der Waals surface area contributed by atoms with Gasteiger partial charge in [-0.25, -0.2) is 5.84 Å². The molecule has 4 aliphatic rings. The Morgan fingerprint density at radius 3 is 2.67 bits per heavy atom. The van der Waals surface area contributed by atoms with Crippen LogP contribution in [0.5, 0.6) is 0 Å². The maximum atomic E-state index is 14.3. The van der Waals surface area contributed by atoms with E-state index in [4.69, 9.17) is 10.6 Å². The van der Waals surface area contributed by atoms with Gasteiger partial charge in [-0.2, -0.15) is 0 Å². The van der Waals surface area contributed by atoms with Crippen LogP contribution in [-0.2, 0) is 9.53 Å². The van der Waals surface area contributed by atoms with E-state index in [1.54, 1.807) is 5.01 Å². The molecule has 2 aliphatic heterocycles. The van der Waals surface area contributed by atoms with Crippen molar-refractivity contribution >= 4 is 5.91 Å². The Morgan fingerprint density at radius 1 is 1.12 bits per heavy atom. The number of ether oxygens (including phenoxy) is 1. The molecule has 2 saturated heterocycles. The quantitative estimate of drug-likeness (QED) is 0.261. The zero-order valence-electron chi connectivity index (χ0n) is 25.8. The topological polar surface area (TPSA) is 70.8 Å². The highest BCUT2D eigenvalue weighted by Crippen LogP contribution is 2.39. The number of carbonyl (C=O) groups is 1. The third kappa shape index (κ3) is 7.30. The molecule has 6 heteroatoms. The van der Waals surface area contributed by atoms with Crippen molar-refractivity contribution in [1.82, 2.24) is 15.2 Å². The number of hydrogen-bond acceptors (Lipinski definition) is 5. The molecule has 0 saturated carbocycles. The van der Waals surface area contributed by atoms with Gasteiger partial charge in [0.25, 0.3) is 5.91 Å². The molecule has 6 nitrogen and oxygen atoms in total. The van der Waals surface area contributed by atoms with Crippen LogP contribution >= 0.6 is 0 Å². The number of carbonyl (C=O) groups excluding carboxylic acids is 1. The third-order valence-corrected chi connectivity index (χ3v) is 9.54. The van der Waals surface area contributed by atoms with E-state index < -0.39 is 0 Å². The number of rotatable bonds is 8. The monoisotopic (exact) mass is 550 g/mol. The molecule has 0 bridgehead atoms. The zero-order valence-corrected chi connectivity index (χ0v) is 25.8. The average molecular weight is 551 g/mol. The number of nitrogens with two attached hydrogens (primary N) is 1. The van der Waals surface area contributed by atoms with Crippen molar-refractivity contribution < 1.29 is 9.53 Å². The molecule has 2 heterocycles. The fourth-order valence-electron chi connectivity index (χ4n) is 7.06. The van der Waals surface area contributed by atoms with Crippen LogP contribution in [0.25, 0.3) is 0 Å². The van der Waals surface area contributed by atoms with Gasteiger partial charge in [-0.15, -0.1) is 0 Å². The lowest BCUT2D eigenvalue weighted by molar-refractivity contribution is -0.131. The summed E-state index contributed by atoms with van der Waals surface area (Å²) < 4.78 is 6.45. The summed E-state index contributed by atoms with van der Waals surface area (Å²) in [4.78, 5) is 16.4. The zero-order chi connectivity index (χ0) is 28.8. The summed E-state index contributed by atoms with van der Waals surface area (Å²) >= 11 is 0. The Balaban J connectivity index is 1.53. The van der Waals surface area contributed by atoms with Crippen LogP contribution in [-0.4, -0.2) is 53.2 Å². The van der Waals surface area contributed by atoms with Crippen molar-refractivity contribution in [2.75, 3.05) is 19.7 Å². The highest BCUT2D eigenvalue weighted by molar-refractivity contribution is 5.94. The van der Waals surface area contributed by atoms with Gasteiger partial charge in [0, 0.05) is 18.6 Å². The Kier molecular flexibility index (Phi) is 10.4. The van der Waals surface area contributed by atoms with Gasteiger partial charge in [0.1, 0.15) is 5.82 Å². The molecule has 0 aromatic heterocycles. The third-order valence-electron chi connectivity index (χ3n) is 9.54. The standard InChI is InChI=1S/C34H54N4O2/c1-6-34(7-2)22-29(40-21-20-27-16-12-8-9-13-17-27)24-37(34)32(39)26(3)31-36-30(23-33(4,5)25-38(31)35)28-18-14-10-11-15-19-28/h8,12,14,16,18-19,29-30,36H,6-7,9-11,13,15,17,20-25,35H2,1-5H3/b31-26+/t29?,30-/m1/s1. The van der Waals surface area contributed by atoms with Gasteiger partial charge in [-0.05, 0) is 88.5 Å². The number of nitrogens with one attached hydrogen (secondary N) is 1. The van der Waals surface area contributed by atoms with E-state index in [-0.39, 0.29) is 29.0 Å². The van der Waals surface area contributed by atoms with E-state index in [1.807, 2.05) is 6.92 Å². The lowest BCUT2D eigenvalue weighted by Crippen LogP contribution is -2.49. The Hall–Kier alpha value is -2.31. The number of hydrogen-bond donors (Lipinski definition) is 2. The second-order valence-electron chi connectivity index (χ2n) is 13.1. The van der Waals surface area contributed by atoms with Gasteiger partial charge in [-0.1, -0.05) is 69.7 Å². The second kappa shape index (κ2) is 13.6. The normalized spacial score (nSPS) is 27.8. The molecule has 0 radical (unpaired) electrons. The number of amides is 1. The molecule has 0 aromatic carbocycles. The van der Waals surface area contributed by atoms with E-state index >= 15 is 0 Å². The van der Waals surface area contributed by atoms with E-state index in [2.05, 4.69) is 74.4 Å². The first-order valence-corrected chi connectivity index (χ1v) is 15.8. The molecule has 1 unspecified atom stereocenters. The van der Waals surface area contributed by atoms with Crippen molar-refractivity contribution in [1.29, 1.82) is 0 Å². The van der Waals surface area contributed by atoms with E-state index in [0.717, 1.165) is 63.6 Å². The van der Waals surface area contributed by atoms with Crippen LogP contribution in [0.4, 0.5) is 0 Å². The fraction of sp³-hybridized carbons (Fsp3) is 0.676. The summed E-state index contributed by atoms with van der Waals surface area (Å²) in [6, 6.07) is 0.126. The Morgan fingerprint density at radius 2 is 1.90 bits per heavy atom. The summed E-state index contributed by atoms with van der Waals surface area (Å²) in [5.41, 5.74) is 3.29. The van der Waals surface area contributed by atoms with Crippen molar-refractivity contribution in [2.45, 2.75) is 123 Å². The minimum atomic E-state index is -0.191. The van der Waals surface area contributed by atoms with Gasteiger partial charge in [-0.3, -0.25) is 9.80 Å².